The van der Waals surface area contributed by atoms with Gasteiger partial charge in [-0.3, -0.25) is 0 Å². The van der Waals surface area contributed by atoms with Gasteiger partial charge in [0.15, 0.2) is 0 Å². The molecule has 1 heterocycles. The van der Waals surface area contributed by atoms with Crippen LogP contribution in [-0.2, 0) is 13.5 Å². The molecule has 0 spiro atoms. The first kappa shape index (κ1) is 44.3. The van der Waals surface area contributed by atoms with Gasteiger partial charge in [-0.2, -0.15) is 6.67 Å². The minimum absolute atomic E-state index is 0.0465. The summed E-state index contributed by atoms with van der Waals surface area (Å²) in [6, 6.07) is 20.4. The summed E-state index contributed by atoms with van der Waals surface area (Å²) in [6.45, 7) is 15.9. The topological polar surface area (TPSA) is 6.48 Å². The van der Waals surface area contributed by atoms with Gasteiger partial charge in [-0.15, -0.1) is 0 Å². The van der Waals surface area contributed by atoms with Gasteiger partial charge in [0.1, 0.15) is 0 Å². The molecule has 4 aliphatic carbocycles. The van der Waals surface area contributed by atoms with Gasteiger partial charge in [-0.1, -0.05) is 67.5 Å². The van der Waals surface area contributed by atoms with E-state index in [1.165, 1.54) is 87.4 Å². The maximum atomic E-state index is 5.67. The molecule has 4 saturated carbocycles. The molecule has 0 aromatic heterocycles. The van der Waals surface area contributed by atoms with Crippen molar-refractivity contribution < 1.29 is 13.5 Å². The van der Waals surface area contributed by atoms with E-state index in [0.717, 1.165) is 5.56 Å². The van der Waals surface area contributed by atoms with E-state index in [0.29, 0.717) is 12.1 Å². The van der Waals surface area contributed by atoms with Crippen LogP contribution in [0.15, 0.2) is 54.6 Å². The van der Waals surface area contributed by atoms with E-state index >= 15 is 0 Å². The molecule has 1 aliphatic heterocycles. The molecule has 3 aromatic carbocycles. The third kappa shape index (κ3) is 11.7. The zero-order valence-corrected chi connectivity index (χ0v) is 39.9. The van der Waals surface area contributed by atoms with Crippen LogP contribution >= 0.6 is 27.3 Å². The Kier molecular flexibility index (Phi) is 17.3. The number of benzene rings is 3. The van der Waals surface area contributed by atoms with Crippen LogP contribution in [0, 0.1) is 48.2 Å². The van der Waals surface area contributed by atoms with E-state index in [2.05, 4.69) is 82.3 Å². The van der Waals surface area contributed by atoms with Gasteiger partial charge in [0.05, 0.1) is 17.0 Å². The molecular weight excluding hydrogens is 832 g/mol. The molecule has 3 aromatic rings. The molecule has 5 fully saturated rings. The molecular formula is C50H73Cl2N2PRu. The third-order valence-corrected chi connectivity index (χ3v) is 20.1. The molecule has 0 bridgehead atoms. The number of nitrogens with zero attached hydrogens (tertiary/aromatic N) is 2. The standard InChI is InChI=1S/C25H33N2.C18H33P.C7H6.2ClH.Ru/c1-16-11-18(3)24(19(4)12-16)26-15-27(23-10-8-7-9-22(23)26)25-20(5)13-17(2)14-21(25)6;1-4-10-16(11-5-1)19(17-12-6-2-7-13-17)18-14-8-3-9-15-18;1-7-5-3-2-4-6-7;;;/h11-15,22-23H,7-10H2,1-6H3;16-18H,1-15H2;1-6H;2*1H;/q-1;;;;;+2/p-1/t22-,23-;;;;;/m1...../s1. The number of halogens is 2. The van der Waals surface area contributed by atoms with Gasteiger partial charge >= 0.3 is 73.4 Å². The molecule has 0 amide bonds. The van der Waals surface area contributed by atoms with Gasteiger partial charge in [0.25, 0.3) is 0 Å². The van der Waals surface area contributed by atoms with Gasteiger partial charge in [0.2, 0.25) is 0 Å². The molecule has 0 N–H and O–H groups in total. The first-order valence-electron chi connectivity index (χ1n) is 22.4. The fourth-order valence-electron chi connectivity index (χ4n) is 11.6. The van der Waals surface area contributed by atoms with Gasteiger partial charge < -0.3 is 9.80 Å². The average molecular weight is 905 g/mol. The van der Waals surface area contributed by atoms with Crippen LogP contribution in [0.1, 0.15) is 161 Å². The minimum atomic E-state index is -1.61. The molecule has 1 saturated heterocycles. The van der Waals surface area contributed by atoms with Crippen molar-refractivity contribution in [3.05, 3.63) is 100 Å². The van der Waals surface area contributed by atoms with E-state index in [4.69, 9.17) is 19.4 Å². The van der Waals surface area contributed by atoms with Crippen molar-refractivity contribution in [1.29, 1.82) is 0 Å². The van der Waals surface area contributed by atoms with Crippen molar-refractivity contribution in [3.8, 4) is 0 Å². The van der Waals surface area contributed by atoms with E-state index in [-0.39, 0.29) is 7.92 Å². The Morgan fingerprint density at radius 3 is 1.20 bits per heavy atom. The molecule has 6 heteroatoms. The molecule has 5 aliphatic rings. The monoisotopic (exact) mass is 904 g/mol. The van der Waals surface area contributed by atoms with Crippen LogP contribution in [0.25, 0.3) is 0 Å². The van der Waals surface area contributed by atoms with E-state index in [1.807, 2.05) is 34.9 Å². The second-order valence-electron chi connectivity index (χ2n) is 18.1. The summed E-state index contributed by atoms with van der Waals surface area (Å²) in [5.74, 6) is 0. The summed E-state index contributed by atoms with van der Waals surface area (Å²) < 4.78 is 1.92. The molecule has 56 heavy (non-hydrogen) atoms. The Bertz CT molecular complexity index is 1540. The molecule has 2 atom stereocenters. The van der Waals surface area contributed by atoms with Crippen LogP contribution in [0.3, 0.4) is 0 Å². The molecule has 2 nitrogen and oxygen atoms in total. The van der Waals surface area contributed by atoms with E-state index in [9.17, 15) is 0 Å². The maximum absolute atomic E-state index is 5.67. The molecule has 8 rings (SSSR count). The van der Waals surface area contributed by atoms with Crippen molar-refractivity contribution >= 4 is 43.3 Å². The van der Waals surface area contributed by atoms with E-state index in [1.54, 1.807) is 96.3 Å². The summed E-state index contributed by atoms with van der Waals surface area (Å²) in [4.78, 5) is 5.21. The summed E-state index contributed by atoms with van der Waals surface area (Å²) in [5.41, 5.74) is 15.9. The van der Waals surface area contributed by atoms with Gasteiger partial charge in [-0.25, -0.2) is 0 Å². The Morgan fingerprint density at radius 1 is 0.518 bits per heavy atom. The van der Waals surface area contributed by atoms with Crippen molar-refractivity contribution in [3.63, 3.8) is 0 Å². The fraction of sp³-hybridized carbons (Fsp3) is 0.600. The Hall–Kier alpha value is -1.24. The zero-order chi connectivity index (χ0) is 39.6. The summed E-state index contributed by atoms with van der Waals surface area (Å²) in [5, 5.41) is 0. The molecule has 0 unspecified atom stereocenters. The van der Waals surface area contributed by atoms with Crippen molar-refractivity contribution in [1.82, 2.24) is 0 Å². The first-order chi connectivity index (χ1) is 27.1. The van der Waals surface area contributed by atoms with Crippen molar-refractivity contribution in [2.75, 3.05) is 9.80 Å². The average Bonchev–Trinajstić information content (AvgIpc) is 3.54. The zero-order valence-electron chi connectivity index (χ0n) is 35.7. The quantitative estimate of drug-likeness (QED) is 0.138. The number of aryl methyl sites for hydroxylation is 6. The SMILES string of the molecule is C1CCC([PH+](C2CCCCC2)C2CCCCC2)CC1.Cc1cc(C)c(N2[CH-]N(c3c(C)cc(C)cc3C)[C@@H]3CCCC[C@H]32)c(C)c1.[Cl][Ru]([Cl])=[CH]c1ccccc1. The Labute approximate surface area is 357 Å². The van der Waals surface area contributed by atoms with Crippen LogP contribution in [0.4, 0.5) is 11.4 Å². The third-order valence-electron chi connectivity index (χ3n) is 13.7. The second-order valence-corrected chi connectivity index (χ2v) is 27.2. The van der Waals surface area contributed by atoms with Crippen LogP contribution in [0.2, 0.25) is 0 Å². The second kappa shape index (κ2) is 21.9. The Balaban J connectivity index is 0.000000159. The fourth-order valence-corrected chi connectivity index (χ4v) is 18.6. The molecule has 310 valence electrons. The first-order valence-corrected chi connectivity index (χ1v) is 29.6. The van der Waals surface area contributed by atoms with Crippen molar-refractivity contribution in [2.24, 2.45) is 0 Å². The number of rotatable bonds is 6. The number of fused-ring (bicyclic) bond motifs is 1. The van der Waals surface area contributed by atoms with Gasteiger partial charge in [-0.05, 0) is 154 Å². The Morgan fingerprint density at radius 2 is 0.857 bits per heavy atom. The normalized spacial score (nSPS) is 22.5. The van der Waals surface area contributed by atoms with Crippen LogP contribution < -0.4 is 9.80 Å². The predicted octanol–water partition coefficient (Wildman–Crippen LogP) is 15.3. The summed E-state index contributed by atoms with van der Waals surface area (Å²) in [6.07, 6.45) is 29.0. The van der Waals surface area contributed by atoms with Crippen LogP contribution in [0.5, 0.6) is 0 Å². The van der Waals surface area contributed by atoms with Crippen molar-refractivity contribution in [2.45, 2.75) is 193 Å². The summed E-state index contributed by atoms with van der Waals surface area (Å²) >= 11 is -1.61. The van der Waals surface area contributed by atoms with Gasteiger partial charge in [0, 0.05) is 31.4 Å². The summed E-state index contributed by atoms with van der Waals surface area (Å²) in [7, 11) is 11.3. The van der Waals surface area contributed by atoms with E-state index < -0.39 is 13.5 Å². The number of anilines is 2. The number of hydrogen-bond donors (Lipinski definition) is 0. The number of hydrogen-bond acceptors (Lipinski definition) is 2. The molecule has 0 radical (unpaired) electrons. The predicted molar refractivity (Wildman–Crippen MR) is 249 cm³/mol. The van der Waals surface area contributed by atoms with Crippen LogP contribution in [-0.4, -0.2) is 33.7 Å².